The van der Waals surface area contributed by atoms with Crippen LogP contribution in [0.3, 0.4) is 0 Å². The first-order valence-corrected chi connectivity index (χ1v) is 5.09. The van der Waals surface area contributed by atoms with E-state index in [1.54, 1.807) is 0 Å². The zero-order valence-electron chi connectivity index (χ0n) is 8.36. The Morgan fingerprint density at radius 1 is 1.29 bits per heavy atom. The van der Waals surface area contributed by atoms with Gasteiger partial charge in [0.25, 0.3) is 0 Å². The molecule has 0 atom stereocenters. The molecule has 5 nitrogen and oxygen atoms in total. The maximum absolute atomic E-state index is 5.33. The van der Waals surface area contributed by atoms with Crippen molar-refractivity contribution in [3.05, 3.63) is 0 Å². The SMILES string of the molecule is CC1CCC(Nc2nnc(N)o2)CC1. The Hall–Kier alpha value is -1.26. The molecular weight excluding hydrogens is 180 g/mol. The van der Waals surface area contributed by atoms with Crippen molar-refractivity contribution in [2.45, 2.75) is 38.6 Å². The molecule has 5 heteroatoms. The molecule has 0 unspecified atom stereocenters. The maximum atomic E-state index is 5.33. The summed E-state index contributed by atoms with van der Waals surface area (Å²) in [6.45, 7) is 2.29. The number of nitrogens with zero attached hydrogens (tertiary/aromatic N) is 2. The van der Waals surface area contributed by atoms with Gasteiger partial charge in [-0.2, -0.15) is 0 Å². The van der Waals surface area contributed by atoms with Gasteiger partial charge in [-0.25, -0.2) is 0 Å². The highest BCUT2D eigenvalue weighted by molar-refractivity contribution is 5.24. The lowest BCUT2D eigenvalue weighted by Crippen LogP contribution is -2.25. The van der Waals surface area contributed by atoms with Gasteiger partial charge in [-0.15, -0.1) is 0 Å². The van der Waals surface area contributed by atoms with E-state index in [0.29, 0.717) is 12.1 Å². The van der Waals surface area contributed by atoms with Crippen LogP contribution in [-0.2, 0) is 0 Å². The van der Waals surface area contributed by atoms with Gasteiger partial charge in [-0.3, -0.25) is 0 Å². The zero-order valence-corrected chi connectivity index (χ0v) is 8.36. The highest BCUT2D eigenvalue weighted by atomic mass is 16.4. The summed E-state index contributed by atoms with van der Waals surface area (Å²) in [7, 11) is 0. The minimum Gasteiger partial charge on any atom is -0.390 e. The fourth-order valence-electron chi connectivity index (χ4n) is 1.87. The molecular formula is C9H16N4O. The lowest BCUT2D eigenvalue weighted by molar-refractivity contribution is 0.356. The highest BCUT2D eigenvalue weighted by Crippen LogP contribution is 2.25. The molecule has 2 rings (SSSR count). The van der Waals surface area contributed by atoms with Crippen LogP contribution in [0.25, 0.3) is 0 Å². The molecule has 78 valence electrons. The van der Waals surface area contributed by atoms with Crippen molar-refractivity contribution < 1.29 is 4.42 Å². The largest absolute Gasteiger partial charge is 0.390 e. The second kappa shape index (κ2) is 3.86. The molecule has 0 bridgehead atoms. The number of hydrogen-bond acceptors (Lipinski definition) is 5. The maximum Gasteiger partial charge on any atom is 0.317 e. The van der Waals surface area contributed by atoms with Gasteiger partial charge < -0.3 is 15.5 Å². The van der Waals surface area contributed by atoms with E-state index in [0.717, 1.165) is 5.92 Å². The Morgan fingerprint density at radius 2 is 2.00 bits per heavy atom. The molecule has 0 amide bonds. The van der Waals surface area contributed by atoms with E-state index in [2.05, 4.69) is 22.4 Å². The Bertz CT molecular complexity index is 291. The predicted octanol–water partition coefficient (Wildman–Crippen LogP) is 1.64. The number of nitrogens with one attached hydrogen (secondary N) is 1. The topological polar surface area (TPSA) is 77.0 Å². The predicted molar refractivity (Wildman–Crippen MR) is 53.8 cm³/mol. The minimum atomic E-state index is 0.122. The van der Waals surface area contributed by atoms with Gasteiger partial charge in [-0.1, -0.05) is 17.1 Å². The molecule has 1 aromatic heterocycles. The standard InChI is InChI=1S/C9H16N4O/c1-6-2-4-7(5-3-6)11-9-13-12-8(10)14-9/h6-7H,2-5H2,1H3,(H2,10,12)(H,11,13). The van der Waals surface area contributed by atoms with Crippen LogP contribution in [-0.4, -0.2) is 16.2 Å². The molecule has 1 heterocycles. The van der Waals surface area contributed by atoms with E-state index in [9.17, 15) is 0 Å². The second-order valence-electron chi connectivity index (χ2n) is 4.05. The smallest absolute Gasteiger partial charge is 0.317 e. The van der Waals surface area contributed by atoms with E-state index in [-0.39, 0.29) is 6.01 Å². The Kier molecular flexibility index (Phi) is 2.56. The lowest BCUT2D eigenvalue weighted by Gasteiger charge is -2.25. The fraction of sp³-hybridized carbons (Fsp3) is 0.778. The molecule has 0 spiro atoms. The number of aromatic nitrogens is 2. The first-order chi connectivity index (χ1) is 6.74. The summed E-state index contributed by atoms with van der Waals surface area (Å²) in [5.41, 5.74) is 5.33. The summed E-state index contributed by atoms with van der Waals surface area (Å²) < 4.78 is 5.06. The summed E-state index contributed by atoms with van der Waals surface area (Å²) in [5.74, 6) is 0.848. The van der Waals surface area contributed by atoms with Crippen LogP contribution >= 0.6 is 0 Å². The number of rotatable bonds is 2. The molecule has 1 aliphatic carbocycles. The quantitative estimate of drug-likeness (QED) is 0.752. The van der Waals surface area contributed by atoms with Gasteiger partial charge >= 0.3 is 12.0 Å². The van der Waals surface area contributed by atoms with E-state index in [1.165, 1.54) is 25.7 Å². The van der Waals surface area contributed by atoms with Crippen molar-refractivity contribution in [1.82, 2.24) is 10.2 Å². The Labute approximate surface area is 83.1 Å². The zero-order chi connectivity index (χ0) is 9.97. The van der Waals surface area contributed by atoms with Crippen molar-refractivity contribution in [2.75, 3.05) is 11.1 Å². The molecule has 0 aromatic carbocycles. The number of nitrogen functional groups attached to an aromatic ring is 1. The summed E-state index contributed by atoms with van der Waals surface area (Å²) >= 11 is 0. The molecule has 3 N–H and O–H groups in total. The van der Waals surface area contributed by atoms with Crippen LogP contribution in [0, 0.1) is 5.92 Å². The van der Waals surface area contributed by atoms with E-state index < -0.39 is 0 Å². The van der Waals surface area contributed by atoms with Gasteiger partial charge in [0, 0.05) is 6.04 Å². The lowest BCUT2D eigenvalue weighted by atomic mass is 9.87. The summed E-state index contributed by atoms with van der Waals surface area (Å²) in [4.78, 5) is 0. The van der Waals surface area contributed by atoms with Crippen LogP contribution in [0.2, 0.25) is 0 Å². The third-order valence-electron chi connectivity index (χ3n) is 2.78. The van der Waals surface area contributed by atoms with Crippen molar-refractivity contribution in [2.24, 2.45) is 5.92 Å². The fourth-order valence-corrected chi connectivity index (χ4v) is 1.87. The average Bonchev–Trinajstić information content (AvgIpc) is 2.56. The molecule has 1 saturated carbocycles. The van der Waals surface area contributed by atoms with Gasteiger partial charge in [-0.05, 0) is 31.6 Å². The molecule has 0 saturated heterocycles. The first-order valence-electron chi connectivity index (χ1n) is 5.09. The average molecular weight is 196 g/mol. The van der Waals surface area contributed by atoms with Crippen LogP contribution in [0.5, 0.6) is 0 Å². The third kappa shape index (κ3) is 2.16. The summed E-state index contributed by atoms with van der Waals surface area (Å²) in [5, 5.41) is 10.6. The third-order valence-corrected chi connectivity index (χ3v) is 2.78. The van der Waals surface area contributed by atoms with E-state index in [1.807, 2.05) is 0 Å². The van der Waals surface area contributed by atoms with Crippen molar-refractivity contribution in [3.8, 4) is 0 Å². The molecule has 1 aliphatic rings. The van der Waals surface area contributed by atoms with Crippen LogP contribution < -0.4 is 11.1 Å². The van der Waals surface area contributed by atoms with Crippen LogP contribution in [0.15, 0.2) is 4.42 Å². The van der Waals surface area contributed by atoms with Gasteiger partial charge in [0.1, 0.15) is 0 Å². The van der Waals surface area contributed by atoms with Crippen LogP contribution in [0.4, 0.5) is 12.0 Å². The van der Waals surface area contributed by atoms with E-state index >= 15 is 0 Å². The van der Waals surface area contributed by atoms with Gasteiger partial charge in [0.2, 0.25) is 0 Å². The second-order valence-corrected chi connectivity index (χ2v) is 4.05. The summed E-state index contributed by atoms with van der Waals surface area (Å²) in [6, 6.07) is 1.03. The number of anilines is 2. The summed E-state index contributed by atoms with van der Waals surface area (Å²) in [6.07, 6.45) is 4.87. The monoisotopic (exact) mass is 196 g/mol. The Morgan fingerprint density at radius 3 is 2.57 bits per heavy atom. The molecule has 0 radical (unpaired) electrons. The van der Waals surface area contributed by atoms with Crippen molar-refractivity contribution in [1.29, 1.82) is 0 Å². The Balaban J connectivity index is 1.86. The van der Waals surface area contributed by atoms with Crippen molar-refractivity contribution >= 4 is 12.0 Å². The van der Waals surface area contributed by atoms with Crippen molar-refractivity contribution in [3.63, 3.8) is 0 Å². The normalized spacial score (nSPS) is 27.5. The first kappa shape index (κ1) is 9.30. The van der Waals surface area contributed by atoms with Gasteiger partial charge in [0.05, 0.1) is 0 Å². The number of hydrogen-bond donors (Lipinski definition) is 2. The number of nitrogens with two attached hydrogens (primary N) is 1. The van der Waals surface area contributed by atoms with Gasteiger partial charge in [0.15, 0.2) is 0 Å². The van der Waals surface area contributed by atoms with E-state index in [4.69, 9.17) is 10.2 Å². The van der Waals surface area contributed by atoms with Crippen LogP contribution in [0.1, 0.15) is 32.6 Å². The molecule has 14 heavy (non-hydrogen) atoms. The highest BCUT2D eigenvalue weighted by Gasteiger charge is 2.19. The molecule has 0 aliphatic heterocycles. The minimum absolute atomic E-state index is 0.122. The molecule has 1 fully saturated rings. The molecule has 1 aromatic rings.